The first-order valence-corrected chi connectivity index (χ1v) is 10.7. The molecule has 1 fully saturated rings. The number of hydrogen-bond donors (Lipinski definition) is 1. The van der Waals surface area contributed by atoms with Crippen LogP contribution in [-0.4, -0.2) is 47.6 Å². The van der Waals surface area contributed by atoms with E-state index < -0.39 is 0 Å². The van der Waals surface area contributed by atoms with Crippen molar-refractivity contribution in [2.45, 2.75) is 38.1 Å². The predicted octanol–water partition coefficient (Wildman–Crippen LogP) is 4.73. The van der Waals surface area contributed by atoms with Crippen molar-refractivity contribution >= 4 is 0 Å². The molecule has 3 heteroatoms. The van der Waals surface area contributed by atoms with Gasteiger partial charge in [0.05, 0.1) is 11.8 Å². The average Bonchev–Trinajstić information content (AvgIpc) is 2.89. The van der Waals surface area contributed by atoms with E-state index in [1.165, 1.54) is 22.3 Å². The Morgan fingerprint density at radius 3 is 2.00 bits per heavy atom. The largest absolute Gasteiger partial charge is 0.513 e. The molecular weight excluding hydrogens is 344 g/mol. The summed E-state index contributed by atoms with van der Waals surface area (Å²) in [5.74, 6) is 0.315. The van der Waals surface area contributed by atoms with Crippen molar-refractivity contribution in [1.82, 2.24) is 9.80 Å². The normalized spacial score (nSPS) is 18.3. The summed E-state index contributed by atoms with van der Waals surface area (Å²) in [4.78, 5) is 5.26. The van der Waals surface area contributed by atoms with E-state index in [-0.39, 0.29) is 0 Å². The van der Waals surface area contributed by atoms with Crippen molar-refractivity contribution < 1.29 is 5.11 Å². The van der Waals surface area contributed by atoms with Crippen LogP contribution in [-0.2, 0) is 12.8 Å². The van der Waals surface area contributed by atoms with E-state index in [1.54, 1.807) is 0 Å². The Balaban J connectivity index is 1.47. The van der Waals surface area contributed by atoms with Gasteiger partial charge in [-0.15, -0.1) is 0 Å². The fourth-order valence-electron chi connectivity index (χ4n) is 4.80. The minimum absolute atomic E-state index is 0.315. The molecule has 1 aliphatic heterocycles. The molecule has 1 aliphatic carbocycles. The van der Waals surface area contributed by atoms with Crippen molar-refractivity contribution in [1.29, 1.82) is 0 Å². The number of fused-ring (bicyclic) bond motifs is 2. The van der Waals surface area contributed by atoms with Crippen molar-refractivity contribution in [3.05, 3.63) is 83.1 Å². The standard InChI is InChI=1S/C25H32N2O/c1-20(28)8-6-7-15-26-16-18-27(19-17-26)25-23-11-4-2-9-21(23)13-14-22-10-3-5-12-24(22)25/h2-5,9-12,25,28H,1,6-8,13-19H2. The second-order valence-electron chi connectivity index (χ2n) is 8.20. The molecule has 1 saturated heterocycles. The van der Waals surface area contributed by atoms with Crippen LogP contribution < -0.4 is 0 Å². The van der Waals surface area contributed by atoms with Crippen LogP contribution in [0.3, 0.4) is 0 Å². The molecule has 0 amide bonds. The number of rotatable bonds is 6. The molecule has 4 rings (SSSR count). The number of nitrogens with zero attached hydrogens (tertiary/aromatic N) is 2. The number of piperazine rings is 1. The SMILES string of the molecule is C=C(O)CCCCN1CCN(C2c3ccccc3CCc3ccccc32)CC1. The second-order valence-corrected chi connectivity index (χ2v) is 8.20. The molecule has 148 valence electrons. The first-order chi connectivity index (χ1) is 13.7. The van der Waals surface area contributed by atoms with Crippen molar-refractivity contribution in [2.24, 2.45) is 0 Å². The Morgan fingerprint density at radius 1 is 0.857 bits per heavy atom. The molecule has 0 unspecified atom stereocenters. The lowest BCUT2D eigenvalue weighted by atomic mass is 9.92. The maximum absolute atomic E-state index is 9.24. The van der Waals surface area contributed by atoms with E-state index in [9.17, 15) is 5.11 Å². The molecule has 3 nitrogen and oxygen atoms in total. The minimum Gasteiger partial charge on any atom is -0.513 e. The Kier molecular flexibility index (Phi) is 6.13. The zero-order chi connectivity index (χ0) is 19.3. The third-order valence-corrected chi connectivity index (χ3v) is 6.32. The summed E-state index contributed by atoms with van der Waals surface area (Å²) in [6, 6.07) is 18.5. The van der Waals surface area contributed by atoms with E-state index in [4.69, 9.17) is 0 Å². The molecule has 2 aromatic rings. The molecule has 0 spiro atoms. The molecule has 1 heterocycles. The molecule has 1 N–H and O–H groups in total. The topological polar surface area (TPSA) is 26.7 Å². The summed E-state index contributed by atoms with van der Waals surface area (Å²) in [6.45, 7) is 9.18. The van der Waals surface area contributed by atoms with Gasteiger partial charge in [-0.2, -0.15) is 0 Å². The molecule has 0 aromatic heterocycles. The van der Waals surface area contributed by atoms with Crippen LogP contribution in [0.15, 0.2) is 60.9 Å². The van der Waals surface area contributed by atoms with Gasteiger partial charge in [-0.3, -0.25) is 4.90 Å². The van der Waals surface area contributed by atoms with Gasteiger partial charge in [0.2, 0.25) is 0 Å². The first-order valence-electron chi connectivity index (χ1n) is 10.7. The zero-order valence-electron chi connectivity index (χ0n) is 16.8. The highest BCUT2D eigenvalue weighted by atomic mass is 16.3. The molecule has 2 aliphatic rings. The van der Waals surface area contributed by atoms with E-state index in [0.717, 1.165) is 64.8 Å². The average molecular weight is 377 g/mol. The van der Waals surface area contributed by atoms with E-state index in [1.807, 2.05) is 0 Å². The smallest absolute Gasteiger partial charge is 0.0851 e. The summed E-state index contributed by atoms with van der Waals surface area (Å²) in [6.07, 6.45) is 5.17. The number of allylic oxidation sites excluding steroid dienone is 1. The van der Waals surface area contributed by atoms with E-state index >= 15 is 0 Å². The fourth-order valence-corrected chi connectivity index (χ4v) is 4.80. The number of aliphatic hydroxyl groups excluding tert-OH is 1. The Morgan fingerprint density at radius 2 is 1.43 bits per heavy atom. The van der Waals surface area contributed by atoms with Gasteiger partial charge in [0.15, 0.2) is 0 Å². The van der Waals surface area contributed by atoms with Crippen molar-refractivity contribution in [2.75, 3.05) is 32.7 Å². The Bertz CT molecular complexity index is 760. The van der Waals surface area contributed by atoms with Crippen LogP contribution in [0.25, 0.3) is 0 Å². The maximum atomic E-state index is 9.24. The number of aryl methyl sites for hydroxylation is 2. The number of benzene rings is 2. The van der Waals surface area contributed by atoms with Crippen molar-refractivity contribution in [3.8, 4) is 0 Å². The van der Waals surface area contributed by atoms with Crippen LogP contribution in [0.2, 0.25) is 0 Å². The van der Waals surface area contributed by atoms with Gasteiger partial charge in [0, 0.05) is 32.6 Å². The summed E-state index contributed by atoms with van der Waals surface area (Å²) in [5.41, 5.74) is 6.02. The highest BCUT2D eigenvalue weighted by Gasteiger charge is 2.30. The van der Waals surface area contributed by atoms with Crippen LogP contribution >= 0.6 is 0 Å². The molecule has 0 saturated carbocycles. The Labute approximate surface area is 169 Å². The van der Waals surface area contributed by atoms with E-state index in [2.05, 4.69) is 64.9 Å². The number of aliphatic hydroxyl groups is 1. The van der Waals surface area contributed by atoms with Gasteiger partial charge in [-0.05, 0) is 54.5 Å². The van der Waals surface area contributed by atoms with Gasteiger partial charge in [-0.25, -0.2) is 0 Å². The van der Waals surface area contributed by atoms with Crippen LogP contribution in [0.4, 0.5) is 0 Å². The first kappa shape index (κ1) is 19.2. The Hall–Kier alpha value is -2.10. The van der Waals surface area contributed by atoms with Crippen LogP contribution in [0.5, 0.6) is 0 Å². The highest BCUT2D eigenvalue weighted by Crippen LogP contribution is 2.37. The molecule has 0 atom stereocenters. The molecular formula is C25H32N2O. The maximum Gasteiger partial charge on any atom is 0.0851 e. The van der Waals surface area contributed by atoms with Crippen LogP contribution in [0.1, 0.15) is 47.6 Å². The molecule has 28 heavy (non-hydrogen) atoms. The summed E-state index contributed by atoms with van der Waals surface area (Å²) < 4.78 is 0. The lowest BCUT2D eigenvalue weighted by molar-refractivity contribution is 0.108. The van der Waals surface area contributed by atoms with Crippen molar-refractivity contribution in [3.63, 3.8) is 0 Å². The van der Waals surface area contributed by atoms with E-state index in [0.29, 0.717) is 11.8 Å². The third-order valence-electron chi connectivity index (χ3n) is 6.32. The lowest BCUT2D eigenvalue weighted by Gasteiger charge is -2.40. The van der Waals surface area contributed by atoms with Gasteiger partial charge in [0.25, 0.3) is 0 Å². The molecule has 0 bridgehead atoms. The highest BCUT2D eigenvalue weighted by molar-refractivity contribution is 5.44. The second kappa shape index (κ2) is 8.93. The predicted molar refractivity (Wildman–Crippen MR) is 116 cm³/mol. The fraction of sp³-hybridized carbons (Fsp3) is 0.440. The zero-order valence-corrected chi connectivity index (χ0v) is 16.8. The van der Waals surface area contributed by atoms with Gasteiger partial charge >= 0.3 is 0 Å². The lowest BCUT2D eigenvalue weighted by Crippen LogP contribution is -2.48. The van der Waals surface area contributed by atoms with Gasteiger partial charge < -0.3 is 10.0 Å². The minimum atomic E-state index is 0.315. The third kappa shape index (κ3) is 4.31. The van der Waals surface area contributed by atoms with Crippen LogP contribution in [0, 0.1) is 0 Å². The molecule has 0 radical (unpaired) electrons. The summed E-state index contributed by atoms with van der Waals surface area (Å²) in [7, 11) is 0. The van der Waals surface area contributed by atoms with Gasteiger partial charge in [0.1, 0.15) is 0 Å². The summed E-state index contributed by atoms with van der Waals surface area (Å²) >= 11 is 0. The number of hydrogen-bond acceptors (Lipinski definition) is 3. The molecule has 2 aromatic carbocycles. The summed E-state index contributed by atoms with van der Waals surface area (Å²) in [5, 5.41) is 9.24. The number of unbranched alkanes of at least 4 members (excludes halogenated alkanes) is 1. The van der Waals surface area contributed by atoms with Gasteiger partial charge in [-0.1, -0.05) is 55.1 Å². The quantitative estimate of drug-likeness (QED) is 0.583. The monoisotopic (exact) mass is 376 g/mol.